The Labute approximate surface area is 212 Å². The van der Waals surface area contributed by atoms with Gasteiger partial charge in [0.25, 0.3) is 5.91 Å². The van der Waals surface area contributed by atoms with Gasteiger partial charge in [0.05, 0.1) is 17.9 Å². The number of carbonyl (C=O) groups excluding carboxylic acids is 2. The first-order valence-corrected chi connectivity index (χ1v) is 12.2. The second-order valence-electron chi connectivity index (χ2n) is 9.32. The number of halogens is 2. The molecule has 4 rings (SSSR count). The molecule has 8 nitrogen and oxygen atoms in total. The molecular weight excluding hydrogens is 484 g/mol. The topological polar surface area (TPSA) is 128 Å². The zero-order valence-corrected chi connectivity index (χ0v) is 20.1. The number of hydrogen-bond donors (Lipinski definition) is 3. The first-order chi connectivity index (χ1) is 17.7. The Morgan fingerprint density at radius 1 is 1.08 bits per heavy atom. The van der Waals surface area contributed by atoms with Crippen LogP contribution >= 0.6 is 0 Å². The van der Waals surface area contributed by atoms with Crippen molar-refractivity contribution in [2.45, 2.75) is 63.3 Å². The van der Waals surface area contributed by atoms with Crippen molar-refractivity contribution in [1.29, 1.82) is 0 Å². The molecule has 37 heavy (non-hydrogen) atoms. The molecule has 1 heterocycles. The summed E-state index contributed by atoms with van der Waals surface area (Å²) in [6.07, 6.45) is -1.10. The zero-order chi connectivity index (χ0) is 26.5. The predicted molar refractivity (Wildman–Crippen MR) is 128 cm³/mol. The first-order valence-electron chi connectivity index (χ1n) is 12.2. The second-order valence-corrected chi connectivity index (χ2v) is 9.32. The Bertz CT molecular complexity index is 1260. The minimum absolute atomic E-state index is 0.0810. The number of aliphatic carboxylic acids is 1. The maximum atomic E-state index is 13.6. The number of imidazole rings is 1. The van der Waals surface area contributed by atoms with E-state index in [1.807, 2.05) is 4.57 Å². The number of hydrogen-bond acceptors (Lipinski definition) is 6. The first kappa shape index (κ1) is 26.4. The Balaban J connectivity index is 1.60. The number of nitrogens with zero attached hydrogens (tertiary/aromatic N) is 2. The van der Waals surface area contributed by atoms with Gasteiger partial charge in [0.15, 0.2) is 0 Å². The number of benzene rings is 2. The van der Waals surface area contributed by atoms with Gasteiger partial charge in [-0.1, -0.05) is 12.1 Å². The fourth-order valence-electron chi connectivity index (χ4n) is 4.35. The molecule has 10 heteroatoms. The van der Waals surface area contributed by atoms with E-state index in [0.717, 1.165) is 12.8 Å². The van der Waals surface area contributed by atoms with Gasteiger partial charge in [-0.2, -0.15) is 0 Å². The number of rotatable bonds is 12. The van der Waals surface area contributed by atoms with Crippen LogP contribution in [-0.4, -0.2) is 43.8 Å². The highest BCUT2D eigenvalue weighted by Gasteiger charge is 2.35. The van der Waals surface area contributed by atoms with E-state index in [1.165, 1.54) is 24.3 Å². The third-order valence-electron chi connectivity index (χ3n) is 6.26. The van der Waals surface area contributed by atoms with Crippen LogP contribution in [0.5, 0.6) is 0 Å². The SMILES string of the molecule is O=C([O-])C[C@H](O)C[C@H](O)CCn1c(-c2ccc(F)cc2)nc(C(=O)NCc2cccc(F)c2)c1C1CC1. The summed E-state index contributed by atoms with van der Waals surface area (Å²) in [5, 5.41) is 33.7. The third-order valence-corrected chi connectivity index (χ3v) is 6.26. The maximum absolute atomic E-state index is 13.6. The highest BCUT2D eigenvalue weighted by molar-refractivity contribution is 5.94. The van der Waals surface area contributed by atoms with Gasteiger partial charge in [0.1, 0.15) is 23.2 Å². The molecule has 0 spiro atoms. The van der Waals surface area contributed by atoms with Crippen LogP contribution in [0.1, 0.15) is 59.8 Å². The standard InChI is InChI=1S/C27H29F2N3O5/c28-19-8-6-18(7-9-19)26-31-24(27(37)30-15-16-2-1-3-20(29)12-16)25(17-4-5-17)32(26)11-10-21(33)13-22(34)14-23(35)36/h1-3,6-9,12,17,21-22,33-34H,4-5,10-11,13-15H2,(H,30,37)(H,35,36)/p-1/t21-,22-/m1/s1. The molecule has 0 radical (unpaired) electrons. The second kappa shape index (κ2) is 11.6. The van der Waals surface area contributed by atoms with Crippen molar-refractivity contribution in [2.24, 2.45) is 0 Å². The van der Waals surface area contributed by atoms with Gasteiger partial charge in [-0.25, -0.2) is 13.8 Å². The van der Waals surface area contributed by atoms with E-state index in [0.29, 0.717) is 22.6 Å². The van der Waals surface area contributed by atoms with E-state index in [1.54, 1.807) is 24.3 Å². The molecule has 1 aliphatic rings. The van der Waals surface area contributed by atoms with Crippen molar-refractivity contribution in [2.75, 3.05) is 0 Å². The summed E-state index contributed by atoms with van der Waals surface area (Å²) in [5.41, 5.74) is 2.08. The summed E-state index contributed by atoms with van der Waals surface area (Å²) in [7, 11) is 0. The van der Waals surface area contributed by atoms with Crippen LogP contribution in [0.4, 0.5) is 8.78 Å². The fraction of sp³-hybridized carbons (Fsp3) is 0.370. The zero-order valence-electron chi connectivity index (χ0n) is 20.1. The summed E-state index contributed by atoms with van der Waals surface area (Å²) in [5.74, 6) is -2.15. The molecule has 1 aromatic heterocycles. The van der Waals surface area contributed by atoms with E-state index >= 15 is 0 Å². The molecule has 2 atom stereocenters. The number of aromatic nitrogens is 2. The van der Waals surface area contributed by atoms with Crippen molar-refractivity contribution in [3.05, 3.63) is 77.1 Å². The molecule has 0 bridgehead atoms. The molecule has 0 aliphatic heterocycles. The quantitative estimate of drug-likeness (QED) is 0.342. The van der Waals surface area contributed by atoms with Gasteiger partial charge in [0, 0.05) is 37.0 Å². The lowest BCUT2D eigenvalue weighted by Crippen LogP contribution is -2.29. The van der Waals surface area contributed by atoms with E-state index in [4.69, 9.17) is 0 Å². The van der Waals surface area contributed by atoms with Crippen LogP contribution in [0.2, 0.25) is 0 Å². The number of amides is 1. The number of carboxylic acids is 1. The Kier molecular flexibility index (Phi) is 8.30. The number of aliphatic hydroxyl groups is 2. The summed E-state index contributed by atoms with van der Waals surface area (Å²) in [4.78, 5) is 28.5. The third kappa shape index (κ3) is 6.99. The molecular formula is C27H28F2N3O5-. The smallest absolute Gasteiger partial charge is 0.272 e. The van der Waals surface area contributed by atoms with Crippen molar-refractivity contribution in [3.63, 3.8) is 0 Å². The molecule has 1 fully saturated rings. The summed E-state index contributed by atoms with van der Waals surface area (Å²) in [6, 6.07) is 11.6. The molecule has 3 aromatic rings. The Morgan fingerprint density at radius 3 is 2.46 bits per heavy atom. The van der Waals surface area contributed by atoms with Crippen LogP contribution in [0, 0.1) is 11.6 Å². The van der Waals surface area contributed by atoms with E-state index in [9.17, 15) is 33.7 Å². The summed E-state index contributed by atoms with van der Waals surface area (Å²) >= 11 is 0. The lowest BCUT2D eigenvalue weighted by atomic mass is 10.1. The van der Waals surface area contributed by atoms with Crippen molar-refractivity contribution in [3.8, 4) is 11.4 Å². The molecule has 1 aliphatic carbocycles. The number of carboxylic acid groups (broad SMARTS) is 1. The van der Waals surface area contributed by atoms with Crippen LogP contribution < -0.4 is 10.4 Å². The van der Waals surface area contributed by atoms with Gasteiger partial charge in [-0.3, -0.25) is 4.79 Å². The van der Waals surface area contributed by atoms with Crippen LogP contribution in [0.3, 0.4) is 0 Å². The van der Waals surface area contributed by atoms with Crippen LogP contribution in [0.25, 0.3) is 11.4 Å². The molecule has 0 saturated heterocycles. The number of carbonyl (C=O) groups is 2. The minimum Gasteiger partial charge on any atom is -0.550 e. The van der Waals surface area contributed by atoms with Crippen molar-refractivity contribution in [1.82, 2.24) is 14.9 Å². The molecule has 0 unspecified atom stereocenters. The van der Waals surface area contributed by atoms with Crippen LogP contribution in [0.15, 0.2) is 48.5 Å². The predicted octanol–water partition coefficient (Wildman–Crippen LogP) is 2.28. The monoisotopic (exact) mass is 512 g/mol. The molecule has 2 aromatic carbocycles. The lowest BCUT2D eigenvalue weighted by molar-refractivity contribution is -0.307. The minimum atomic E-state index is -1.40. The highest BCUT2D eigenvalue weighted by atomic mass is 19.1. The number of aliphatic hydroxyl groups excluding tert-OH is 2. The molecule has 196 valence electrons. The van der Waals surface area contributed by atoms with Gasteiger partial charge in [0.2, 0.25) is 0 Å². The van der Waals surface area contributed by atoms with Gasteiger partial charge >= 0.3 is 0 Å². The van der Waals surface area contributed by atoms with Crippen molar-refractivity contribution < 1.29 is 33.7 Å². The molecule has 1 saturated carbocycles. The normalized spacial score (nSPS) is 14.8. The van der Waals surface area contributed by atoms with Gasteiger partial charge in [-0.05, 0) is 67.6 Å². The maximum Gasteiger partial charge on any atom is 0.272 e. The summed E-state index contributed by atoms with van der Waals surface area (Å²) in [6.45, 7) is 0.344. The van der Waals surface area contributed by atoms with Crippen molar-refractivity contribution >= 4 is 11.9 Å². The number of nitrogens with one attached hydrogen (secondary N) is 1. The average molecular weight is 513 g/mol. The fourth-order valence-corrected chi connectivity index (χ4v) is 4.35. The Hall–Kier alpha value is -3.63. The van der Waals surface area contributed by atoms with E-state index in [-0.39, 0.29) is 37.5 Å². The van der Waals surface area contributed by atoms with E-state index in [2.05, 4.69) is 10.3 Å². The highest BCUT2D eigenvalue weighted by Crippen LogP contribution is 2.43. The largest absolute Gasteiger partial charge is 0.550 e. The summed E-state index contributed by atoms with van der Waals surface area (Å²) < 4.78 is 29.0. The van der Waals surface area contributed by atoms with E-state index < -0.39 is 42.1 Å². The van der Waals surface area contributed by atoms with Crippen LogP contribution in [-0.2, 0) is 17.9 Å². The average Bonchev–Trinajstić information content (AvgIpc) is 3.61. The van der Waals surface area contributed by atoms with Gasteiger partial charge < -0.3 is 30.0 Å². The van der Waals surface area contributed by atoms with Gasteiger partial charge in [-0.15, -0.1) is 0 Å². The lowest BCUT2D eigenvalue weighted by Gasteiger charge is -2.18. The molecule has 1 amide bonds. The molecule has 3 N–H and O–H groups in total. The Morgan fingerprint density at radius 2 is 1.81 bits per heavy atom.